The van der Waals surface area contributed by atoms with Crippen LogP contribution in [0.3, 0.4) is 0 Å². The Hall–Kier alpha value is -2.38. The molecule has 1 aliphatic heterocycles. The lowest BCUT2D eigenvalue weighted by Crippen LogP contribution is -2.40. The van der Waals surface area contributed by atoms with Crippen LogP contribution in [0.2, 0.25) is 5.02 Å². The number of aromatic amines is 1. The van der Waals surface area contributed by atoms with E-state index in [4.69, 9.17) is 16.3 Å². The fraction of sp³-hybridized carbons (Fsp3) is 0.312. The predicted molar refractivity (Wildman–Crippen MR) is 86.9 cm³/mol. The van der Waals surface area contributed by atoms with Gasteiger partial charge < -0.3 is 14.7 Å². The first-order chi connectivity index (χ1) is 11.5. The Morgan fingerprint density at radius 2 is 2.17 bits per heavy atom. The second-order valence-corrected chi connectivity index (χ2v) is 5.96. The molecule has 1 saturated heterocycles. The number of carbonyl (C=O) groups is 2. The quantitative estimate of drug-likeness (QED) is 0.880. The van der Waals surface area contributed by atoms with E-state index in [2.05, 4.69) is 10.2 Å². The van der Waals surface area contributed by atoms with Crippen molar-refractivity contribution in [3.05, 3.63) is 41.0 Å². The summed E-state index contributed by atoms with van der Waals surface area (Å²) in [5.74, 6) is -1.47. The van der Waals surface area contributed by atoms with Gasteiger partial charge in [-0.15, -0.1) is 0 Å². The van der Waals surface area contributed by atoms with Gasteiger partial charge in [0.1, 0.15) is 11.7 Å². The molecule has 126 valence electrons. The van der Waals surface area contributed by atoms with Crippen LogP contribution in [0, 0.1) is 0 Å². The van der Waals surface area contributed by atoms with Crippen molar-refractivity contribution in [2.75, 3.05) is 13.7 Å². The molecule has 8 heteroatoms. The molecule has 1 fully saturated rings. The fourth-order valence-corrected chi connectivity index (χ4v) is 3.05. The maximum atomic E-state index is 12.7. The van der Waals surface area contributed by atoms with Crippen LogP contribution in [-0.4, -0.2) is 57.9 Å². The van der Waals surface area contributed by atoms with Crippen molar-refractivity contribution in [1.82, 2.24) is 15.1 Å². The van der Waals surface area contributed by atoms with Crippen LogP contribution in [-0.2, 0) is 9.53 Å². The van der Waals surface area contributed by atoms with Crippen LogP contribution < -0.4 is 0 Å². The van der Waals surface area contributed by atoms with E-state index in [1.807, 2.05) is 6.07 Å². The number of methoxy groups -OCH3 is 1. The molecule has 1 aliphatic rings. The highest BCUT2D eigenvalue weighted by Gasteiger charge is 2.40. The normalized spacial score (nSPS) is 20.3. The molecule has 0 spiro atoms. The average molecular weight is 350 g/mol. The molecule has 2 heterocycles. The van der Waals surface area contributed by atoms with E-state index in [9.17, 15) is 14.7 Å². The molecule has 0 saturated carbocycles. The number of hydrogen-bond donors (Lipinski definition) is 2. The Morgan fingerprint density at radius 3 is 2.83 bits per heavy atom. The summed E-state index contributed by atoms with van der Waals surface area (Å²) in [6, 6.07) is 7.82. The van der Waals surface area contributed by atoms with Gasteiger partial charge in [0.2, 0.25) is 0 Å². The van der Waals surface area contributed by atoms with Gasteiger partial charge in [-0.05, 0) is 12.1 Å². The van der Waals surface area contributed by atoms with Crippen molar-refractivity contribution in [2.45, 2.75) is 18.6 Å². The number of H-pyrrole nitrogens is 1. The summed E-state index contributed by atoms with van der Waals surface area (Å²) in [4.78, 5) is 25.3. The number of hydrogen-bond acceptors (Lipinski definition) is 4. The SMILES string of the molecule is COC1CC(C(=O)O)N(C(=O)c2cc(-c3ccccc3Cl)n[nH]2)C1. The molecule has 3 rings (SSSR count). The minimum Gasteiger partial charge on any atom is -0.480 e. The molecule has 1 aromatic carbocycles. The van der Waals surface area contributed by atoms with E-state index < -0.39 is 17.9 Å². The van der Waals surface area contributed by atoms with E-state index in [-0.39, 0.29) is 24.8 Å². The first-order valence-corrected chi connectivity index (χ1v) is 7.76. The van der Waals surface area contributed by atoms with Crippen molar-refractivity contribution in [3.63, 3.8) is 0 Å². The Kier molecular flexibility index (Phi) is 4.55. The smallest absolute Gasteiger partial charge is 0.326 e. The molecule has 0 radical (unpaired) electrons. The number of likely N-dealkylation sites (tertiary alicyclic amines) is 1. The standard InChI is InChI=1S/C16H16ClN3O4/c1-24-9-6-14(16(22)23)20(8-9)15(21)13-7-12(18-19-13)10-4-2-3-5-11(10)17/h2-5,7,9,14H,6,8H2,1H3,(H,18,19)(H,22,23). The molecular weight excluding hydrogens is 334 g/mol. The molecule has 0 aliphatic carbocycles. The third kappa shape index (κ3) is 3.00. The van der Waals surface area contributed by atoms with Gasteiger partial charge in [0.15, 0.2) is 0 Å². The molecule has 2 N–H and O–H groups in total. The highest BCUT2D eigenvalue weighted by molar-refractivity contribution is 6.33. The lowest BCUT2D eigenvalue weighted by Gasteiger charge is -2.20. The second kappa shape index (κ2) is 6.62. The summed E-state index contributed by atoms with van der Waals surface area (Å²) in [6.45, 7) is 0.229. The van der Waals surface area contributed by atoms with Gasteiger partial charge in [-0.25, -0.2) is 4.79 Å². The first kappa shape index (κ1) is 16.5. The van der Waals surface area contributed by atoms with Gasteiger partial charge in [-0.2, -0.15) is 5.10 Å². The third-order valence-electron chi connectivity index (χ3n) is 4.10. The number of amides is 1. The van der Waals surface area contributed by atoms with Gasteiger partial charge in [-0.1, -0.05) is 29.8 Å². The fourth-order valence-electron chi connectivity index (χ4n) is 2.82. The van der Waals surface area contributed by atoms with E-state index in [0.29, 0.717) is 16.3 Å². The van der Waals surface area contributed by atoms with Crippen molar-refractivity contribution in [2.24, 2.45) is 0 Å². The van der Waals surface area contributed by atoms with Crippen molar-refractivity contribution in [3.8, 4) is 11.3 Å². The average Bonchev–Trinajstić information content (AvgIpc) is 3.22. The lowest BCUT2D eigenvalue weighted by atomic mass is 10.1. The Balaban J connectivity index is 1.86. The molecular formula is C16H16ClN3O4. The number of ether oxygens (including phenoxy) is 1. The van der Waals surface area contributed by atoms with Gasteiger partial charge in [0.05, 0.1) is 16.8 Å². The minimum absolute atomic E-state index is 0.216. The Labute approximate surface area is 143 Å². The first-order valence-electron chi connectivity index (χ1n) is 7.38. The number of halogens is 1. The number of nitrogens with zero attached hydrogens (tertiary/aromatic N) is 2. The monoisotopic (exact) mass is 349 g/mol. The van der Waals surface area contributed by atoms with Gasteiger partial charge in [0.25, 0.3) is 5.91 Å². The van der Waals surface area contributed by atoms with Crippen LogP contribution in [0.4, 0.5) is 0 Å². The summed E-state index contributed by atoms with van der Waals surface area (Å²) >= 11 is 6.13. The number of nitrogens with one attached hydrogen (secondary N) is 1. The zero-order valence-electron chi connectivity index (χ0n) is 12.9. The Bertz CT molecular complexity index is 776. The number of carboxylic acid groups (broad SMARTS) is 1. The van der Waals surface area contributed by atoms with E-state index in [1.165, 1.54) is 12.0 Å². The molecule has 7 nitrogen and oxygen atoms in total. The number of carboxylic acids is 1. The zero-order valence-corrected chi connectivity index (χ0v) is 13.7. The van der Waals surface area contributed by atoms with Crippen molar-refractivity contribution in [1.29, 1.82) is 0 Å². The van der Waals surface area contributed by atoms with E-state index in [0.717, 1.165) is 0 Å². The number of aliphatic carboxylic acids is 1. The molecule has 1 aromatic heterocycles. The van der Waals surface area contributed by atoms with Gasteiger partial charge in [0, 0.05) is 25.6 Å². The molecule has 2 unspecified atom stereocenters. The maximum Gasteiger partial charge on any atom is 0.326 e. The topological polar surface area (TPSA) is 95.5 Å². The van der Waals surface area contributed by atoms with Crippen LogP contribution in [0.1, 0.15) is 16.9 Å². The third-order valence-corrected chi connectivity index (χ3v) is 4.43. The molecule has 2 aromatic rings. The summed E-state index contributed by atoms with van der Waals surface area (Å²) in [5, 5.41) is 16.6. The maximum absolute atomic E-state index is 12.7. The largest absolute Gasteiger partial charge is 0.480 e. The lowest BCUT2D eigenvalue weighted by molar-refractivity contribution is -0.141. The zero-order chi connectivity index (χ0) is 17.3. The molecule has 2 atom stereocenters. The van der Waals surface area contributed by atoms with Crippen molar-refractivity contribution < 1.29 is 19.4 Å². The second-order valence-electron chi connectivity index (χ2n) is 5.55. The van der Waals surface area contributed by atoms with Crippen LogP contribution in [0.15, 0.2) is 30.3 Å². The summed E-state index contributed by atoms with van der Waals surface area (Å²) in [5.41, 5.74) is 1.44. The predicted octanol–water partition coefficient (Wildman–Crippen LogP) is 2.04. The van der Waals surface area contributed by atoms with Gasteiger partial charge in [-0.3, -0.25) is 9.89 Å². The minimum atomic E-state index is -1.05. The van der Waals surface area contributed by atoms with E-state index in [1.54, 1.807) is 24.3 Å². The molecule has 24 heavy (non-hydrogen) atoms. The number of rotatable bonds is 4. The molecule has 1 amide bonds. The molecule has 0 bridgehead atoms. The highest BCUT2D eigenvalue weighted by atomic mass is 35.5. The van der Waals surface area contributed by atoms with Crippen molar-refractivity contribution >= 4 is 23.5 Å². The van der Waals surface area contributed by atoms with Crippen LogP contribution in [0.5, 0.6) is 0 Å². The Morgan fingerprint density at radius 1 is 1.42 bits per heavy atom. The highest BCUT2D eigenvalue weighted by Crippen LogP contribution is 2.27. The summed E-state index contributed by atoms with van der Waals surface area (Å²) in [7, 11) is 1.50. The number of aromatic nitrogens is 2. The van der Waals surface area contributed by atoms with Crippen LogP contribution >= 0.6 is 11.6 Å². The number of carbonyl (C=O) groups excluding carboxylic acids is 1. The van der Waals surface area contributed by atoms with Crippen LogP contribution in [0.25, 0.3) is 11.3 Å². The van der Waals surface area contributed by atoms with E-state index >= 15 is 0 Å². The van der Waals surface area contributed by atoms with Gasteiger partial charge >= 0.3 is 5.97 Å². The summed E-state index contributed by atoms with van der Waals surface area (Å²) in [6.07, 6.45) is -0.0238. The summed E-state index contributed by atoms with van der Waals surface area (Å²) < 4.78 is 5.20. The number of benzene rings is 1.